The monoisotopic (exact) mass is 395 g/mol. The summed E-state index contributed by atoms with van der Waals surface area (Å²) in [6, 6.07) is 15.4. The maximum absolute atomic E-state index is 12.2. The van der Waals surface area contributed by atoms with Crippen LogP contribution in [0.1, 0.15) is 35.4 Å². The van der Waals surface area contributed by atoms with Crippen LogP contribution < -0.4 is 10.1 Å². The highest BCUT2D eigenvalue weighted by atomic mass is 16.5. The van der Waals surface area contributed by atoms with Gasteiger partial charge in [0, 0.05) is 32.2 Å². The number of aromatic nitrogens is 2. The number of fused-ring (bicyclic) bond motifs is 1. The molecule has 0 aliphatic heterocycles. The molecule has 0 atom stereocenters. The molecule has 0 bridgehead atoms. The van der Waals surface area contributed by atoms with Crippen molar-refractivity contribution in [2.45, 2.75) is 32.2 Å². The maximum atomic E-state index is 12.2. The molecule has 3 aromatic rings. The van der Waals surface area contributed by atoms with Crippen molar-refractivity contribution in [3.8, 4) is 5.75 Å². The fraction of sp³-hybridized carbons (Fsp3) is 0.391. The average Bonchev–Trinajstić information content (AvgIpc) is 3.11. The van der Waals surface area contributed by atoms with Crippen LogP contribution in [0.2, 0.25) is 0 Å². The molecule has 1 amide bonds. The lowest BCUT2D eigenvalue weighted by Gasteiger charge is -2.09. The van der Waals surface area contributed by atoms with E-state index in [1.807, 2.05) is 24.3 Å². The minimum atomic E-state index is -0.0646. The number of aryl methyl sites for hydroxylation is 1. The molecule has 0 saturated heterocycles. The summed E-state index contributed by atoms with van der Waals surface area (Å²) in [4.78, 5) is 17.0. The van der Waals surface area contributed by atoms with Crippen LogP contribution in [-0.4, -0.2) is 42.8 Å². The lowest BCUT2D eigenvalue weighted by Crippen LogP contribution is -2.24. The van der Waals surface area contributed by atoms with E-state index < -0.39 is 0 Å². The van der Waals surface area contributed by atoms with Crippen LogP contribution in [0.15, 0.2) is 48.5 Å². The van der Waals surface area contributed by atoms with Gasteiger partial charge in [-0.25, -0.2) is 4.98 Å². The standard InChI is InChI=1S/C23H29N3O3/c1-28-16-15-26-21-12-6-5-11-20(21)25-22(26)13-4-3-7-14-24-23(27)18-9-8-10-19(17-18)29-2/h5-6,8-12,17H,3-4,7,13-16H2,1-2H3,(H,24,27). The summed E-state index contributed by atoms with van der Waals surface area (Å²) in [5.41, 5.74) is 2.81. The molecular weight excluding hydrogens is 366 g/mol. The molecule has 0 saturated carbocycles. The van der Waals surface area contributed by atoms with Gasteiger partial charge in [-0.05, 0) is 43.2 Å². The van der Waals surface area contributed by atoms with Gasteiger partial charge in [-0.3, -0.25) is 4.79 Å². The zero-order valence-electron chi connectivity index (χ0n) is 17.2. The topological polar surface area (TPSA) is 65.4 Å². The average molecular weight is 396 g/mol. The molecule has 1 aromatic heterocycles. The molecule has 0 aliphatic carbocycles. The number of para-hydroxylation sites is 2. The number of carbonyl (C=O) groups is 1. The normalized spacial score (nSPS) is 11.0. The van der Waals surface area contributed by atoms with Gasteiger partial charge in [0.25, 0.3) is 5.91 Å². The van der Waals surface area contributed by atoms with Crippen LogP contribution in [0, 0.1) is 0 Å². The molecule has 1 N–H and O–H groups in total. The summed E-state index contributed by atoms with van der Waals surface area (Å²) in [5.74, 6) is 1.72. The molecule has 6 nitrogen and oxygen atoms in total. The van der Waals surface area contributed by atoms with Gasteiger partial charge in [0.2, 0.25) is 0 Å². The molecule has 6 heteroatoms. The van der Waals surface area contributed by atoms with Crippen molar-refractivity contribution in [1.82, 2.24) is 14.9 Å². The molecule has 2 aromatic carbocycles. The number of amides is 1. The van der Waals surface area contributed by atoms with Crippen molar-refractivity contribution in [3.05, 3.63) is 59.9 Å². The lowest BCUT2D eigenvalue weighted by molar-refractivity contribution is 0.0952. The molecule has 0 aliphatic rings. The Labute approximate surface area is 171 Å². The molecule has 0 spiro atoms. The first-order valence-corrected chi connectivity index (χ1v) is 10.1. The van der Waals surface area contributed by atoms with E-state index in [0.717, 1.165) is 49.1 Å². The van der Waals surface area contributed by atoms with Crippen LogP contribution in [0.4, 0.5) is 0 Å². The van der Waals surface area contributed by atoms with E-state index in [0.29, 0.717) is 24.5 Å². The number of imidazole rings is 1. The Morgan fingerprint density at radius 2 is 1.93 bits per heavy atom. The SMILES string of the molecule is COCCn1c(CCCCCNC(=O)c2cccc(OC)c2)nc2ccccc21. The van der Waals surface area contributed by atoms with E-state index in [9.17, 15) is 4.79 Å². The summed E-state index contributed by atoms with van der Waals surface area (Å²) < 4.78 is 12.7. The molecule has 1 heterocycles. The third kappa shape index (κ3) is 5.57. The highest BCUT2D eigenvalue weighted by molar-refractivity contribution is 5.94. The number of nitrogens with zero attached hydrogens (tertiary/aromatic N) is 2. The van der Waals surface area contributed by atoms with Crippen LogP contribution in [0.25, 0.3) is 11.0 Å². The van der Waals surface area contributed by atoms with E-state index in [2.05, 4.69) is 22.0 Å². The molecule has 29 heavy (non-hydrogen) atoms. The number of hydrogen-bond acceptors (Lipinski definition) is 4. The van der Waals surface area contributed by atoms with Gasteiger partial charge < -0.3 is 19.4 Å². The summed E-state index contributed by atoms with van der Waals surface area (Å²) in [6.07, 6.45) is 3.92. The fourth-order valence-electron chi connectivity index (χ4n) is 3.40. The lowest BCUT2D eigenvalue weighted by atomic mass is 10.1. The molecule has 0 radical (unpaired) electrons. The second-order valence-corrected chi connectivity index (χ2v) is 6.96. The largest absolute Gasteiger partial charge is 0.497 e. The van der Waals surface area contributed by atoms with E-state index in [1.165, 1.54) is 0 Å². The summed E-state index contributed by atoms with van der Waals surface area (Å²) >= 11 is 0. The molecule has 154 valence electrons. The van der Waals surface area contributed by atoms with Crippen molar-refractivity contribution in [2.24, 2.45) is 0 Å². The van der Waals surface area contributed by atoms with E-state index in [4.69, 9.17) is 14.5 Å². The Kier molecular flexibility index (Phi) is 7.64. The van der Waals surface area contributed by atoms with Gasteiger partial charge in [-0.2, -0.15) is 0 Å². The predicted octanol–water partition coefficient (Wildman–Crippen LogP) is 3.83. The van der Waals surface area contributed by atoms with Crippen LogP contribution in [0.3, 0.4) is 0 Å². The highest BCUT2D eigenvalue weighted by Crippen LogP contribution is 2.18. The molecule has 3 rings (SSSR count). The van der Waals surface area contributed by atoms with E-state index >= 15 is 0 Å². The van der Waals surface area contributed by atoms with E-state index in [1.54, 1.807) is 26.4 Å². The highest BCUT2D eigenvalue weighted by Gasteiger charge is 2.10. The number of rotatable bonds is 11. The zero-order valence-corrected chi connectivity index (χ0v) is 17.2. The first-order valence-electron chi connectivity index (χ1n) is 10.1. The van der Waals surface area contributed by atoms with Crippen molar-refractivity contribution in [1.29, 1.82) is 0 Å². The quantitative estimate of drug-likeness (QED) is 0.501. The maximum Gasteiger partial charge on any atom is 0.251 e. The second-order valence-electron chi connectivity index (χ2n) is 6.96. The Hall–Kier alpha value is -2.86. The summed E-state index contributed by atoms with van der Waals surface area (Å²) in [5, 5.41) is 2.98. The third-order valence-electron chi connectivity index (χ3n) is 4.95. The fourth-order valence-corrected chi connectivity index (χ4v) is 3.40. The Bertz CT molecular complexity index is 936. The molecule has 0 unspecified atom stereocenters. The van der Waals surface area contributed by atoms with Gasteiger partial charge in [0.1, 0.15) is 11.6 Å². The minimum Gasteiger partial charge on any atom is -0.497 e. The minimum absolute atomic E-state index is 0.0646. The van der Waals surface area contributed by atoms with Crippen molar-refractivity contribution < 1.29 is 14.3 Å². The molecule has 0 fully saturated rings. The van der Waals surface area contributed by atoms with Gasteiger partial charge in [0.15, 0.2) is 0 Å². The third-order valence-corrected chi connectivity index (χ3v) is 4.95. The Morgan fingerprint density at radius 1 is 1.07 bits per heavy atom. The van der Waals surface area contributed by atoms with Crippen molar-refractivity contribution >= 4 is 16.9 Å². The number of nitrogens with one attached hydrogen (secondary N) is 1. The summed E-state index contributed by atoms with van der Waals surface area (Å²) in [7, 11) is 3.32. The van der Waals surface area contributed by atoms with Crippen LogP contribution >= 0.6 is 0 Å². The van der Waals surface area contributed by atoms with Gasteiger partial charge >= 0.3 is 0 Å². The van der Waals surface area contributed by atoms with Crippen LogP contribution in [0.5, 0.6) is 5.75 Å². The number of ether oxygens (including phenoxy) is 2. The Balaban J connectivity index is 1.45. The summed E-state index contributed by atoms with van der Waals surface area (Å²) in [6.45, 7) is 2.14. The van der Waals surface area contributed by atoms with E-state index in [-0.39, 0.29) is 5.91 Å². The number of unbranched alkanes of at least 4 members (excludes halogenated alkanes) is 2. The van der Waals surface area contributed by atoms with Gasteiger partial charge in [-0.15, -0.1) is 0 Å². The zero-order chi connectivity index (χ0) is 20.5. The molecular formula is C23H29N3O3. The second kappa shape index (κ2) is 10.6. The number of hydrogen-bond donors (Lipinski definition) is 1. The van der Waals surface area contributed by atoms with Gasteiger partial charge in [-0.1, -0.05) is 24.6 Å². The smallest absolute Gasteiger partial charge is 0.251 e. The first-order chi connectivity index (χ1) is 14.2. The first kappa shape index (κ1) is 20.9. The Morgan fingerprint density at radius 3 is 2.76 bits per heavy atom. The number of benzene rings is 2. The van der Waals surface area contributed by atoms with Gasteiger partial charge in [0.05, 0.1) is 24.8 Å². The van der Waals surface area contributed by atoms with Crippen molar-refractivity contribution in [2.75, 3.05) is 27.4 Å². The van der Waals surface area contributed by atoms with Crippen LogP contribution in [-0.2, 0) is 17.7 Å². The predicted molar refractivity (Wildman–Crippen MR) is 114 cm³/mol. The number of carbonyl (C=O) groups excluding carboxylic acids is 1. The number of methoxy groups -OCH3 is 2. The van der Waals surface area contributed by atoms with Crippen molar-refractivity contribution in [3.63, 3.8) is 0 Å².